The number of benzene rings is 1. The van der Waals surface area contributed by atoms with Crippen molar-refractivity contribution in [2.75, 3.05) is 19.6 Å². The van der Waals surface area contributed by atoms with E-state index in [2.05, 4.69) is 10.6 Å². The van der Waals surface area contributed by atoms with Gasteiger partial charge in [-0.25, -0.2) is 13.2 Å². The Morgan fingerprint density at radius 1 is 1.33 bits per heavy atom. The molecule has 2 N–H and O–H groups in total. The van der Waals surface area contributed by atoms with Crippen molar-refractivity contribution < 1.29 is 18.0 Å². The van der Waals surface area contributed by atoms with Gasteiger partial charge in [0.05, 0.1) is 5.56 Å². The first kappa shape index (κ1) is 12.9. The fraction of sp³-hybridized carbons (Fsp3) is 0.417. The summed E-state index contributed by atoms with van der Waals surface area (Å²) in [4.78, 5) is 11.6. The zero-order chi connectivity index (χ0) is 13.1. The third kappa shape index (κ3) is 2.64. The molecule has 1 aromatic rings. The molecule has 0 saturated carbocycles. The molecular weight excluding hydrogens is 245 g/mol. The normalized spacial score (nSPS) is 18.9. The van der Waals surface area contributed by atoms with E-state index in [1.807, 2.05) is 0 Å². The van der Waals surface area contributed by atoms with Crippen LogP contribution in [0.1, 0.15) is 16.8 Å². The maximum absolute atomic E-state index is 13.3. The van der Waals surface area contributed by atoms with Gasteiger partial charge in [-0.3, -0.25) is 4.79 Å². The minimum absolute atomic E-state index is 0.294. The highest BCUT2D eigenvalue weighted by Crippen LogP contribution is 2.15. The zero-order valence-corrected chi connectivity index (χ0v) is 9.60. The molecular formula is C12H13F3N2O. The third-order valence-corrected chi connectivity index (χ3v) is 2.99. The molecule has 0 aromatic heterocycles. The van der Waals surface area contributed by atoms with Gasteiger partial charge < -0.3 is 10.6 Å². The van der Waals surface area contributed by atoms with E-state index in [0.29, 0.717) is 12.5 Å². The van der Waals surface area contributed by atoms with Gasteiger partial charge in [-0.2, -0.15) is 0 Å². The summed E-state index contributed by atoms with van der Waals surface area (Å²) in [7, 11) is 0. The van der Waals surface area contributed by atoms with Gasteiger partial charge in [0.15, 0.2) is 17.5 Å². The standard InChI is InChI=1S/C12H13F3N2O/c13-9-2-1-8(10(14)11(9)15)12(18)17-6-7-3-4-16-5-7/h1-2,7,16H,3-6H2,(H,17,18). The van der Waals surface area contributed by atoms with Crippen LogP contribution in [-0.2, 0) is 0 Å². The van der Waals surface area contributed by atoms with Crippen LogP contribution in [0.15, 0.2) is 12.1 Å². The number of carbonyl (C=O) groups excluding carboxylic acids is 1. The molecule has 1 unspecified atom stereocenters. The molecule has 1 fully saturated rings. The molecule has 1 aromatic carbocycles. The van der Waals surface area contributed by atoms with Crippen molar-refractivity contribution in [2.24, 2.45) is 5.92 Å². The van der Waals surface area contributed by atoms with Crippen molar-refractivity contribution in [1.82, 2.24) is 10.6 Å². The predicted molar refractivity (Wildman–Crippen MR) is 59.6 cm³/mol. The molecule has 1 saturated heterocycles. The van der Waals surface area contributed by atoms with Crippen molar-refractivity contribution in [2.45, 2.75) is 6.42 Å². The van der Waals surface area contributed by atoms with Gasteiger partial charge in [0.2, 0.25) is 0 Å². The Morgan fingerprint density at radius 3 is 2.78 bits per heavy atom. The monoisotopic (exact) mass is 258 g/mol. The van der Waals surface area contributed by atoms with E-state index in [1.165, 1.54) is 0 Å². The van der Waals surface area contributed by atoms with Gasteiger partial charge in [0, 0.05) is 6.54 Å². The van der Waals surface area contributed by atoms with Crippen LogP contribution in [-0.4, -0.2) is 25.5 Å². The van der Waals surface area contributed by atoms with E-state index in [1.54, 1.807) is 0 Å². The molecule has 98 valence electrons. The molecule has 0 radical (unpaired) electrons. The fourth-order valence-corrected chi connectivity index (χ4v) is 1.92. The largest absolute Gasteiger partial charge is 0.352 e. The van der Waals surface area contributed by atoms with Gasteiger partial charge in [-0.1, -0.05) is 0 Å². The Balaban J connectivity index is 2.02. The second-order valence-electron chi connectivity index (χ2n) is 4.29. The molecule has 1 amide bonds. The lowest BCUT2D eigenvalue weighted by Crippen LogP contribution is -2.31. The lowest BCUT2D eigenvalue weighted by atomic mass is 10.1. The lowest BCUT2D eigenvalue weighted by molar-refractivity contribution is 0.0943. The quantitative estimate of drug-likeness (QED) is 0.806. The SMILES string of the molecule is O=C(NCC1CCNC1)c1ccc(F)c(F)c1F. The summed E-state index contributed by atoms with van der Waals surface area (Å²) in [5, 5.41) is 5.65. The average molecular weight is 258 g/mol. The third-order valence-electron chi connectivity index (χ3n) is 2.99. The minimum atomic E-state index is -1.62. The van der Waals surface area contributed by atoms with Gasteiger partial charge in [0.1, 0.15) is 0 Å². The van der Waals surface area contributed by atoms with Crippen molar-refractivity contribution in [3.05, 3.63) is 35.1 Å². The van der Waals surface area contributed by atoms with Gasteiger partial charge in [-0.15, -0.1) is 0 Å². The van der Waals surface area contributed by atoms with E-state index in [-0.39, 0.29) is 0 Å². The highest BCUT2D eigenvalue weighted by Gasteiger charge is 2.20. The molecule has 0 bridgehead atoms. The molecule has 18 heavy (non-hydrogen) atoms. The number of amides is 1. The van der Waals surface area contributed by atoms with Crippen LogP contribution < -0.4 is 10.6 Å². The first-order valence-electron chi connectivity index (χ1n) is 5.72. The summed E-state index contributed by atoms with van der Waals surface area (Å²) in [5.41, 5.74) is -0.472. The number of halogens is 3. The van der Waals surface area contributed by atoms with Gasteiger partial charge in [0.25, 0.3) is 5.91 Å². The van der Waals surface area contributed by atoms with Crippen LogP contribution in [0.3, 0.4) is 0 Å². The summed E-state index contributed by atoms with van der Waals surface area (Å²) in [6.45, 7) is 2.07. The van der Waals surface area contributed by atoms with Gasteiger partial charge >= 0.3 is 0 Å². The highest BCUT2D eigenvalue weighted by molar-refractivity contribution is 5.94. The summed E-state index contributed by atoms with van der Waals surface area (Å²) in [6, 6.07) is 1.68. The Morgan fingerprint density at radius 2 is 2.11 bits per heavy atom. The Kier molecular flexibility index (Phi) is 3.86. The maximum Gasteiger partial charge on any atom is 0.254 e. The number of nitrogens with one attached hydrogen (secondary N) is 2. The van der Waals surface area contributed by atoms with E-state index < -0.39 is 28.9 Å². The van der Waals surface area contributed by atoms with Crippen molar-refractivity contribution >= 4 is 5.91 Å². The van der Waals surface area contributed by atoms with E-state index in [0.717, 1.165) is 31.6 Å². The number of hydrogen-bond acceptors (Lipinski definition) is 2. The first-order valence-corrected chi connectivity index (χ1v) is 5.72. The second kappa shape index (κ2) is 5.39. The Bertz CT molecular complexity index is 459. The molecule has 1 aliphatic heterocycles. The smallest absolute Gasteiger partial charge is 0.254 e. The van der Waals surface area contributed by atoms with Crippen LogP contribution >= 0.6 is 0 Å². The molecule has 1 aliphatic rings. The van der Waals surface area contributed by atoms with Crippen molar-refractivity contribution in [3.63, 3.8) is 0 Å². The van der Waals surface area contributed by atoms with Crippen LogP contribution in [0, 0.1) is 23.4 Å². The highest BCUT2D eigenvalue weighted by atomic mass is 19.2. The molecule has 1 heterocycles. The van der Waals surface area contributed by atoms with Crippen molar-refractivity contribution in [3.8, 4) is 0 Å². The van der Waals surface area contributed by atoms with Crippen LogP contribution in [0.4, 0.5) is 13.2 Å². The van der Waals surface area contributed by atoms with E-state index in [4.69, 9.17) is 0 Å². The molecule has 0 spiro atoms. The predicted octanol–water partition coefficient (Wildman–Crippen LogP) is 1.44. The molecule has 6 heteroatoms. The topological polar surface area (TPSA) is 41.1 Å². The molecule has 3 nitrogen and oxygen atoms in total. The summed E-state index contributed by atoms with van der Waals surface area (Å²) >= 11 is 0. The van der Waals surface area contributed by atoms with Crippen LogP contribution in [0.2, 0.25) is 0 Å². The number of carbonyl (C=O) groups is 1. The van der Waals surface area contributed by atoms with Gasteiger partial charge in [-0.05, 0) is 37.6 Å². The second-order valence-corrected chi connectivity index (χ2v) is 4.29. The van der Waals surface area contributed by atoms with Crippen LogP contribution in [0.5, 0.6) is 0 Å². The lowest BCUT2D eigenvalue weighted by Gasteiger charge is -2.10. The molecule has 2 rings (SSSR count). The van der Waals surface area contributed by atoms with Crippen LogP contribution in [0.25, 0.3) is 0 Å². The maximum atomic E-state index is 13.3. The van der Waals surface area contributed by atoms with E-state index in [9.17, 15) is 18.0 Å². The first-order chi connectivity index (χ1) is 8.59. The minimum Gasteiger partial charge on any atom is -0.352 e. The van der Waals surface area contributed by atoms with E-state index >= 15 is 0 Å². The Hall–Kier alpha value is -1.56. The summed E-state index contributed by atoms with van der Waals surface area (Å²) in [5.74, 6) is -4.80. The molecule has 0 aliphatic carbocycles. The zero-order valence-electron chi connectivity index (χ0n) is 9.60. The average Bonchev–Trinajstić information content (AvgIpc) is 2.86. The number of rotatable bonds is 3. The molecule has 1 atom stereocenters. The summed E-state index contributed by atoms with van der Waals surface area (Å²) in [6.07, 6.45) is 0.931. The summed E-state index contributed by atoms with van der Waals surface area (Å²) < 4.78 is 39.0. The number of hydrogen-bond donors (Lipinski definition) is 2. The Labute approximate surface area is 102 Å². The van der Waals surface area contributed by atoms with Crippen molar-refractivity contribution in [1.29, 1.82) is 0 Å². The fourth-order valence-electron chi connectivity index (χ4n) is 1.92.